The van der Waals surface area contributed by atoms with Crippen LogP contribution < -0.4 is 14.7 Å². The molecule has 0 aromatic rings. The van der Waals surface area contributed by atoms with Crippen LogP contribution in [-0.4, -0.2) is 95.0 Å². The van der Waals surface area contributed by atoms with Crippen LogP contribution in [0.25, 0.3) is 0 Å². The molecule has 0 aliphatic rings. The van der Waals surface area contributed by atoms with Gasteiger partial charge in [-0.2, -0.15) is 7.82 Å². The van der Waals surface area contributed by atoms with Crippen molar-refractivity contribution in [1.82, 2.24) is 0 Å². The highest BCUT2D eigenvalue weighted by atomic mass is 31.2. The standard InChI is InChI=1S/3C9H22N.H3O4P/c3*1-5-7-8-9-10(3,4)6-2;1-5(2,3)4/h3*5-9H2,1-4H3;(H3,1,2,3,4)/q3*+1;/p-3. The van der Waals surface area contributed by atoms with Crippen molar-refractivity contribution in [2.75, 3.05) is 81.6 Å². The summed E-state index contributed by atoms with van der Waals surface area (Å²) in [6.07, 6.45) is 12.3. The monoisotopic (exact) mass is 527 g/mol. The summed E-state index contributed by atoms with van der Waals surface area (Å²) in [7, 11) is 8.42. The van der Waals surface area contributed by atoms with Crippen LogP contribution in [0.5, 0.6) is 0 Å². The smallest absolute Gasteiger partial charge is 0.0782 e. The van der Waals surface area contributed by atoms with Crippen LogP contribution in [0.1, 0.15) is 99.3 Å². The van der Waals surface area contributed by atoms with Crippen molar-refractivity contribution in [3.63, 3.8) is 0 Å². The van der Waals surface area contributed by atoms with Gasteiger partial charge < -0.3 is 32.7 Å². The van der Waals surface area contributed by atoms with Gasteiger partial charge in [0.25, 0.3) is 0 Å². The zero-order valence-electron chi connectivity index (χ0n) is 26.0. The highest BCUT2D eigenvalue weighted by molar-refractivity contribution is 7.40. The van der Waals surface area contributed by atoms with Crippen molar-refractivity contribution in [1.29, 1.82) is 0 Å². The Bertz CT molecular complexity index is 420. The van der Waals surface area contributed by atoms with Crippen LogP contribution >= 0.6 is 7.82 Å². The summed E-state index contributed by atoms with van der Waals surface area (Å²) in [4.78, 5) is 25.6. The van der Waals surface area contributed by atoms with Crippen LogP contribution in [-0.2, 0) is 4.57 Å². The fourth-order valence-corrected chi connectivity index (χ4v) is 2.84. The van der Waals surface area contributed by atoms with Crippen molar-refractivity contribution < 1.29 is 32.7 Å². The SMILES string of the molecule is CCCCC[N+](C)(C)CC.CCCCC[N+](C)(C)CC.CCCCC[N+](C)(C)CC.O=P([O-])([O-])[O-]. The number of unbranched alkanes of at least 4 members (excludes halogenated alkanes) is 6. The Morgan fingerprint density at radius 2 is 0.629 bits per heavy atom. The van der Waals surface area contributed by atoms with E-state index < -0.39 is 7.82 Å². The Labute approximate surface area is 221 Å². The molecule has 7 nitrogen and oxygen atoms in total. The van der Waals surface area contributed by atoms with Gasteiger partial charge in [0.15, 0.2) is 0 Å². The molecule has 0 aromatic carbocycles. The molecule has 0 heterocycles. The minimum Gasteiger partial charge on any atom is -0.822 e. The summed E-state index contributed by atoms with van der Waals surface area (Å²) in [5, 5.41) is 0. The summed E-state index contributed by atoms with van der Waals surface area (Å²) in [6.45, 7) is 21.3. The summed E-state index contributed by atoms with van der Waals surface area (Å²) in [6, 6.07) is 0. The Morgan fingerprint density at radius 1 is 0.457 bits per heavy atom. The molecule has 0 atom stereocenters. The van der Waals surface area contributed by atoms with E-state index in [2.05, 4.69) is 83.8 Å². The molecule has 0 saturated carbocycles. The van der Waals surface area contributed by atoms with Crippen molar-refractivity contribution in [2.45, 2.75) is 99.3 Å². The Balaban J connectivity index is -0.000000188. The summed E-state index contributed by atoms with van der Waals surface area (Å²) < 4.78 is 12.1. The Kier molecular flexibility index (Phi) is 29.3. The number of hydrogen-bond donors (Lipinski definition) is 0. The first kappa shape index (κ1) is 42.1. The van der Waals surface area contributed by atoms with Crippen LogP contribution in [0.4, 0.5) is 0 Å². The van der Waals surface area contributed by atoms with E-state index in [1.807, 2.05) is 0 Å². The first-order valence-electron chi connectivity index (χ1n) is 14.1. The lowest BCUT2D eigenvalue weighted by molar-refractivity contribution is -0.888. The molecule has 0 aliphatic carbocycles. The van der Waals surface area contributed by atoms with Gasteiger partial charge in [-0.1, -0.05) is 40.0 Å². The normalized spacial score (nSPS) is 12.0. The molecule has 0 aromatic heterocycles. The van der Waals surface area contributed by atoms with Gasteiger partial charge in [-0.15, -0.1) is 0 Å². The first-order valence-corrected chi connectivity index (χ1v) is 15.5. The lowest BCUT2D eigenvalue weighted by Gasteiger charge is -2.36. The molecule has 0 radical (unpaired) electrons. The highest BCUT2D eigenvalue weighted by Crippen LogP contribution is 2.04. The summed E-state index contributed by atoms with van der Waals surface area (Å²) >= 11 is 0. The molecular weight excluding hydrogens is 461 g/mol. The molecule has 0 N–H and O–H groups in total. The molecule has 35 heavy (non-hydrogen) atoms. The second kappa shape index (κ2) is 24.3. The molecule has 0 amide bonds. The molecule has 218 valence electrons. The number of hydrogen-bond acceptors (Lipinski definition) is 4. The summed E-state index contributed by atoms with van der Waals surface area (Å²) in [5.41, 5.74) is 0. The second-order valence-corrected chi connectivity index (χ2v) is 12.4. The largest absolute Gasteiger partial charge is 0.822 e. The molecule has 0 unspecified atom stereocenters. The molecule has 0 bridgehead atoms. The van der Waals surface area contributed by atoms with Gasteiger partial charge in [-0.3, -0.25) is 0 Å². The molecule has 0 spiro atoms. The fraction of sp³-hybridized carbons (Fsp3) is 1.00. The van der Waals surface area contributed by atoms with E-state index >= 15 is 0 Å². The molecule has 0 saturated heterocycles. The van der Waals surface area contributed by atoms with E-state index in [1.165, 1.54) is 111 Å². The predicted octanol–water partition coefficient (Wildman–Crippen LogP) is 3.99. The van der Waals surface area contributed by atoms with Crippen molar-refractivity contribution in [3.05, 3.63) is 0 Å². The molecule has 0 fully saturated rings. The van der Waals surface area contributed by atoms with E-state index in [-0.39, 0.29) is 0 Å². The molecular formula is C27H66N3O4P. The second-order valence-electron chi connectivity index (χ2n) is 11.5. The molecule has 8 heteroatoms. The maximum atomic E-state index is 8.55. The first-order chi connectivity index (χ1) is 15.9. The van der Waals surface area contributed by atoms with Crippen molar-refractivity contribution >= 4 is 7.82 Å². The molecule has 0 rings (SSSR count). The van der Waals surface area contributed by atoms with Gasteiger partial charge in [-0.25, -0.2) is 0 Å². The van der Waals surface area contributed by atoms with Gasteiger partial charge in [0, 0.05) is 0 Å². The van der Waals surface area contributed by atoms with E-state index in [9.17, 15) is 0 Å². The Morgan fingerprint density at radius 3 is 0.743 bits per heavy atom. The molecule has 0 aliphatic heterocycles. The number of phosphoric acid groups is 1. The van der Waals surface area contributed by atoms with Gasteiger partial charge >= 0.3 is 0 Å². The van der Waals surface area contributed by atoms with Gasteiger partial charge in [-0.05, 0) is 59.3 Å². The predicted molar refractivity (Wildman–Crippen MR) is 149 cm³/mol. The maximum absolute atomic E-state index is 8.55. The maximum Gasteiger partial charge on any atom is 0.0782 e. The van der Waals surface area contributed by atoms with Crippen molar-refractivity contribution in [3.8, 4) is 0 Å². The third-order valence-corrected chi connectivity index (χ3v) is 6.67. The van der Waals surface area contributed by atoms with Crippen LogP contribution in [0.15, 0.2) is 0 Å². The topological polar surface area (TPSA) is 86.2 Å². The van der Waals surface area contributed by atoms with E-state index in [0.29, 0.717) is 0 Å². The number of nitrogens with zero attached hydrogens (tertiary/aromatic N) is 3. The van der Waals surface area contributed by atoms with Gasteiger partial charge in [0.2, 0.25) is 0 Å². The fourth-order valence-electron chi connectivity index (χ4n) is 2.84. The number of rotatable bonds is 15. The van der Waals surface area contributed by atoms with Crippen LogP contribution in [0.2, 0.25) is 0 Å². The number of quaternary nitrogens is 3. The van der Waals surface area contributed by atoms with Crippen molar-refractivity contribution in [2.24, 2.45) is 0 Å². The lowest BCUT2D eigenvalue weighted by Crippen LogP contribution is -2.39. The summed E-state index contributed by atoms with van der Waals surface area (Å²) in [5.74, 6) is 0. The van der Waals surface area contributed by atoms with E-state index in [0.717, 1.165) is 0 Å². The average Bonchev–Trinajstić information content (AvgIpc) is 2.74. The van der Waals surface area contributed by atoms with Gasteiger partial charge in [0.1, 0.15) is 0 Å². The quantitative estimate of drug-likeness (QED) is 0.183. The van der Waals surface area contributed by atoms with Gasteiger partial charge in [0.05, 0.1) is 81.6 Å². The lowest BCUT2D eigenvalue weighted by atomic mass is 10.2. The average molecular weight is 528 g/mol. The highest BCUT2D eigenvalue weighted by Gasteiger charge is 2.10. The third-order valence-electron chi connectivity index (χ3n) is 6.67. The Hall–Kier alpha value is -0.0100. The third kappa shape index (κ3) is 47.8. The minimum absolute atomic E-state index is 1.18. The zero-order valence-corrected chi connectivity index (χ0v) is 26.9. The zero-order chi connectivity index (χ0) is 28.6. The minimum atomic E-state index is -5.39. The van der Waals surface area contributed by atoms with E-state index in [1.54, 1.807) is 0 Å². The van der Waals surface area contributed by atoms with Crippen LogP contribution in [0.3, 0.4) is 0 Å². The van der Waals surface area contributed by atoms with E-state index in [4.69, 9.17) is 19.2 Å². The van der Waals surface area contributed by atoms with Crippen LogP contribution in [0, 0.1) is 0 Å².